The van der Waals surface area contributed by atoms with Crippen molar-refractivity contribution in [3.63, 3.8) is 0 Å². The number of nitrogens with two attached hydrogens (primary N) is 1. The number of aromatic carboxylic acids is 1. The lowest BCUT2D eigenvalue weighted by Gasteiger charge is -2.14. The van der Waals surface area contributed by atoms with Crippen LogP contribution >= 0.6 is 0 Å². The number of rotatable bonds is 3. The van der Waals surface area contributed by atoms with Crippen LogP contribution < -0.4 is 10.5 Å². The zero-order valence-corrected chi connectivity index (χ0v) is 12.3. The Morgan fingerprint density at radius 1 is 1.09 bits per heavy atom. The van der Waals surface area contributed by atoms with Crippen LogP contribution in [-0.4, -0.2) is 18.2 Å². The number of ether oxygens (including phenoxy) is 1. The van der Waals surface area contributed by atoms with Crippen LogP contribution in [0.3, 0.4) is 0 Å². The second-order valence-electron chi connectivity index (χ2n) is 5.06. The van der Waals surface area contributed by atoms with Gasteiger partial charge >= 0.3 is 5.97 Å². The largest absolute Gasteiger partial charge is 0.497 e. The normalized spacial score (nSPS) is 10.7. The van der Waals surface area contributed by atoms with Crippen LogP contribution in [0.15, 0.2) is 48.5 Å². The molecule has 0 aliphatic rings. The molecule has 116 valence electrons. The van der Waals surface area contributed by atoms with Gasteiger partial charge in [-0.15, -0.1) is 0 Å². The predicted molar refractivity (Wildman–Crippen MR) is 87.3 cm³/mol. The number of benzene rings is 3. The van der Waals surface area contributed by atoms with E-state index in [1.807, 2.05) is 0 Å². The van der Waals surface area contributed by atoms with E-state index in [1.54, 1.807) is 48.5 Å². The molecular weight excluding hydrogens is 297 g/mol. The summed E-state index contributed by atoms with van der Waals surface area (Å²) < 4.78 is 20.0. The minimum Gasteiger partial charge on any atom is -0.497 e. The summed E-state index contributed by atoms with van der Waals surface area (Å²) in [6.07, 6.45) is 0. The highest BCUT2D eigenvalue weighted by Gasteiger charge is 2.22. The van der Waals surface area contributed by atoms with Gasteiger partial charge in [0.25, 0.3) is 0 Å². The van der Waals surface area contributed by atoms with Gasteiger partial charge in [0.15, 0.2) is 0 Å². The fourth-order valence-electron chi connectivity index (χ4n) is 2.69. The van der Waals surface area contributed by atoms with Gasteiger partial charge in [-0.05, 0) is 17.7 Å². The van der Waals surface area contributed by atoms with Crippen molar-refractivity contribution >= 4 is 22.4 Å². The third-order valence-corrected chi connectivity index (χ3v) is 3.78. The second-order valence-corrected chi connectivity index (χ2v) is 5.06. The number of carboxylic acids is 1. The van der Waals surface area contributed by atoms with Gasteiger partial charge in [0, 0.05) is 16.3 Å². The third-order valence-electron chi connectivity index (χ3n) is 3.78. The van der Waals surface area contributed by atoms with E-state index in [1.165, 1.54) is 7.11 Å². The zero-order chi connectivity index (χ0) is 16.6. The van der Waals surface area contributed by atoms with E-state index in [0.717, 1.165) is 0 Å². The molecule has 0 heterocycles. The Bertz CT molecular complexity index is 904. The first-order chi connectivity index (χ1) is 11.0. The molecule has 3 N–H and O–H groups in total. The van der Waals surface area contributed by atoms with Crippen LogP contribution in [-0.2, 0) is 0 Å². The van der Waals surface area contributed by atoms with Gasteiger partial charge in [0.05, 0.1) is 18.4 Å². The van der Waals surface area contributed by atoms with Crippen molar-refractivity contribution in [2.45, 2.75) is 0 Å². The Kier molecular flexibility index (Phi) is 3.62. The molecule has 0 amide bonds. The summed E-state index contributed by atoms with van der Waals surface area (Å²) in [6.45, 7) is 0. The molecule has 0 saturated heterocycles. The molecule has 0 fully saturated rings. The third kappa shape index (κ3) is 2.36. The number of methoxy groups -OCH3 is 1. The van der Waals surface area contributed by atoms with Crippen molar-refractivity contribution in [3.05, 3.63) is 59.9 Å². The number of hydrogen-bond donors (Lipinski definition) is 2. The minimum absolute atomic E-state index is 0.0844. The number of anilines is 1. The van der Waals surface area contributed by atoms with E-state index >= 15 is 0 Å². The van der Waals surface area contributed by atoms with Gasteiger partial charge in [0.1, 0.15) is 11.6 Å². The van der Waals surface area contributed by atoms with E-state index in [9.17, 15) is 14.3 Å². The molecule has 0 atom stereocenters. The Hall–Kier alpha value is -3.08. The van der Waals surface area contributed by atoms with Crippen molar-refractivity contribution in [2.24, 2.45) is 0 Å². The first-order valence-electron chi connectivity index (χ1n) is 6.92. The first kappa shape index (κ1) is 14.8. The molecule has 0 aromatic heterocycles. The monoisotopic (exact) mass is 311 g/mol. The lowest BCUT2D eigenvalue weighted by Crippen LogP contribution is -2.07. The molecule has 4 nitrogen and oxygen atoms in total. The Labute approximate surface area is 131 Å². The molecule has 0 radical (unpaired) electrons. The molecule has 5 heteroatoms. The van der Waals surface area contributed by atoms with E-state index in [-0.39, 0.29) is 27.6 Å². The summed E-state index contributed by atoms with van der Waals surface area (Å²) in [4.78, 5) is 11.6. The SMILES string of the molecule is COc1ccc(-c2c(N)c(C(=O)O)c3ccccc3c2F)cc1. The molecule has 0 spiro atoms. The molecule has 3 rings (SSSR count). The van der Waals surface area contributed by atoms with E-state index in [4.69, 9.17) is 10.5 Å². The zero-order valence-electron chi connectivity index (χ0n) is 12.3. The van der Waals surface area contributed by atoms with Gasteiger partial charge in [-0.1, -0.05) is 36.4 Å². The molecule has 3 aromatic carbocycles. The number of nitrogen functional groups attached to an aromatic ring is 1. The summed E-state index contributed by atoms with van der Waals surface area (Å²) in [5.41, 5.74) is 6.41. The van der Waals surface area contributed by atoms with Crippen LogP contribution in [0.2, 0.25) is 0 Å². The average molecular weight is 311 g/mol. The van der Waals surface area contributed by atoms with Crippen LogP contribution in [0.1, 0.15) is 10.4 Å². The van der Waals surface area contributed by atoms with Crippen LogP contribution in [0.4, 0.5) is 10.1 Å². The molecular formula is C18H14FNO3. The molecule has 0 aliphatic carbocycles. The maximum atomic E-state index is 14.9. The van der Waals surface area contributed by atoms with Crippen LogP contribution in [0.5, 0.6) is 5.75 Å². The maximum absolute atomic E-state index is 14.9. The smallest absolute Gasteiger partial charge is 0.338 e. The van der Waals surface area contributed by atoms with Crippen molar-refractivity contribution in [2.75, 3.05) is 12.8 Å². The molecule has 0 bridgehead atoms. The predicted octanol–water partition coefficient (Wildman–Crippen LogP) is 3.93. The fraction of sp³-hybridized carbons (Fsp3) is 0.0556. The van der Waals surface area contributed by atoms with E-state index in [0.29, 0.717) is 11.3 Å². The van der Waals surface area contributed by atoms with Crippen molar-refractivity contribution < 1.29 is 19.0 Å². The minimum atomic E-state index is -1.19. The summed E-state index contributed by atoms with van der Waals surface area (Å²) in [5, 5.41) is 10.00. The van der Waals surface area contributed by atoms with Crippen molar-refractivity contribution in [1.82, 2.24) is 0 Å². The number of carboxylic acid groups (broad SMARTS) is 1. The Morgan fingerprint density at radius 3 is 2.26 bits per heavy atom. The highest BCUT2D eigenvalue weighted by atomic mass is 19.1. The highest BCUT2D eigenvalue weighted by molar-refractivity contribution is 6.12. The average Bonchev–Trinajstić information content (AvgIpc) is 2.55. The van der Waals surface area contributed by atoms with Crippen molar-refractivity contribution in [1.29, 1.82) is 0 Å². The quantitative estimate of drug-likeness (QED) is 0.719. The van der Waals surface area contributed by atoms with E-state index in [2.05, 4.69) is 0 Å². The summed E-state index contributed by atoms with van der Waals surface area (Å²) >= 11 is 0. The second kappa shape index (κ2) is 5.61. The molecule has 23 heavy (non-hydrogen) atoms. The van der Waals surface area contributed by atoms with Gasteiger partial charge < -0.3 is 15.6 Å². The summed E-state index contributed by atoms with van der Waals surface area (Å²) in [5.74, 6) is -1.10. The lowest BCUT2D eigenvalue weighted by atomic mass is 9.93. The summed E-state index contributed by atoms with van der Waals surface area (Å²) in [7, 11) is 1.53. The summed E-state index contributed by atoms with van der Waals surface area (Å²) in [6, 6.07) is 13.0. The maximum Gasteiger partial charge on any atom is 0.338 e. The topological polar surface area (TPSA) is 72.5 Å². The van der Waals surface area contributed by atoms with Gasteiger partial charge in [0.2, 0.25) is 0 Å². The number of carbonyl (C=O) groups is 1. The Balaban J connectivity index is 2.38. The molecule has 0 aliphatic heterocycles. The number of hydrogen-bond acceptors (Lipinski definition) is 3. The standard InChI is InChI=1S/C18H14FNO3/c1-23-11-8-6-10(7-9-11)14-16(19)13-5-3-2-4-12(13)15(17(14)20)18(21)22/h2-9H,20H2,1H3,(H,21,22). The molecule has 0 saturated carbocycles. The first-order valence-corrected chi connectivity index (χ1v) is 6.92. The fourth-order valence-corrected chi connectivity index (χ4v) is 2.69. The lowest BCUT2D eigenvalue weighted by molar-refractivity contribution is 0.0700. The van der Waals surface area contributed by atoms with Crippen LogP contribution in [0, 0.1) is 5.82 Å². The van der Waals surface area contributed by atoms with Gasteiger partial charge in [-0.2, -0.15) is 0 Å². The van der Waals surface area contributed by atoms with E-state index < -0.39 is 11.8 Å². The van der Waals surface area contributed by atoms with Crippen LogP contribution in [0.25, 0.3) is 21.9 Å². The van der Waals surface area contributed by atoms with Gasteiger partial charge in [-0.3, -0.25) is 0 Å². The Morgan fingerprint density at radius 2 is 1.70 bits per heavy atom. The van der Waals surface area contributed by atoms with Gasteiger partial charge in [-0.25, -0.2) is 9.18 Å². The van der Waals surface area contributed by atoms with Crippen molar-refractivity contribution in [3.8, 4) is 16.9 Å². The molecule has 0 unspecified atom stereocenters. The number of fused-ring (bicyclic) bond motifs is 1. The number of halogens is 1. The molecule has 3 aromatic rings. The highest BCUT2D eigenvalue weighted by Crippen LogP contribution is 2.38.